The van der Waals surface area contributed by atoms with Gasteiger partial charge in [0.1, 0.15) is 0 Å². The molecule has 1 aromatic heterocycles. The third-order valence-corrected chi connectivity index (χ3v) is 2.25. The van der Waals surface area contributed by atoms with E-state index in [0.29, 0.717) is 0 Å². The SMILES string of the molecule is O=C(O)Cc1c(CCl)cnc(F)c1C(F)F. The number of carboxylic acids is 1. The van der Waals surface area contributed by atoms with E-state index in [1.165, 1.54) is 0 Å². The summed E-state index contributed by atoms with van der Waals surface area (Å²) in [5, 5.41) is 8.55. The van der Waals surface area contributed by atoms with Crippen LogP contribution in [-0.4, -0.2) is 16.1 Å². The molecular formula is C9H7ClF3NO2. The number of carboxylic acid groups (broad SMARTS) is 1. The summed E-state index contributed by atoms with van der Waals surface area (Å²) in [6, 6.07) is 0. The third-order valence-electron chi connectivity index (χ3n) is 1.96. The van der Waals surface area contributed by atoms with E-state index in [1.807, 2.05) is 0 Å². The van der Waals surface area contributed by atoms with Crippen LogP contribution in [0.3, 0.4) is 0 Å². The van der Waals surface area contributed by atoms with Crippen molar-refractivity contribution >= 4 is 17.6 Å². The Morgan fingerprint density at radius 3 is 2.62 bits per heavy atom. The number of aromatic nitrogens is 1. The Hall–Kier alpha value is -1.30. The van der Waals surface area contributed by atoms with Crippen LogP contribution in [0.4, 0.5) is 13.2 Å². The molecule has 7 heteroatoms. The summed E-state index contributed by atoms with van der Waals surface area (Å²) in [5.74, 6) is -2.89. The van der Waals surface area contributed by atoms with Crippen LogP contribution in [0.5, 0.6) is 0 Å². The van der Waals surface area contributed by atoms with E-state index in [9.17, 15) is 18.0 Å². The van der Waals surface area contributed by atoms with Gasteiger partial charge < -0.3 is 5.11 Å². The lowest BCUT2D eigenvalue weighted by Crippen LogP contribution is -2.10. The van der Waals surface area contributed by atoms with Gasteiger partial charge in [-0.1, -0.05) is 0 Å². The van der Waals surface area contributed by atoms with E-state index >= 15 is 0 Å². The number of rotatable bonds is 4. The fourth-order valence-corrected chi connectivity index (χ4v) is 1.51. The molecule has 0 atom stereocenters. The van der Waals surface area contributed by atoms with Gasteiger partial charge >= 0.3 is 5.97 Å². The molecule has 1 heterocycles. The van der Waals surface area contributed by atoms with Crippen LogP contribution >= 0.6 is 11.6 Å². The van der Waals surface area contributed by atoms with Crippen LogP contribution in [0.1, 0.15) is 23.1 Å². The van der Waals surface area contributed by atoms with Crippen LogP contribution in [-0.2, 0) is 17.1 Å². The highest BCUT2D eigenvalue weighted by molar-refractivity contribution is 6.17. The van der Waals surface area contributed by atoms with E-state index in [4.69, 9.17) is 16.7 Å². The van der Waals surface area contributed by atoms with Crippen LogP contribution < -0.4 is 0 Å². The summed E-state index contributed by atoms with van der Waals surface area (Å²) in [6.45, 7) is 0. The minimum atomic E-state index is -3.12. The van der Waals surface area contributed by atoms with Crippen molar-refractivity contribution in [3.63, 3.8) is 0 Å². The first-order valence-corrected chi connectivity index (χ1v) is 4.72. The Morgan fingerprint density at radius 1 is 1.56 bits per heavy atom. The second-order valence-corrected chi connectivity index (χ2v) is 3.24. The molecule has 0 aliphatic heterocycles. The molecule has 88 valence electrons. The van der Waals surface area contributed by atoms with Crippen molar-refractivity contribution in [3.05, 3.63) is 28.8 Å². The maximum atomic E-state index is 13.0. The van der Waals surface area contributed by atoms with Crippen molar-refractivity contribution < 1.29 is 23.1 Å². The lowest BCUT2D eigenvalue weighted by Gasteiger charge is -2.11. The fourth-order valence-electron chi connectivity index (χ4n) is 1.28. The molecule has 0 fully saturated rings. The number of aliphatic carboxylic acids is 1. The predicted molar refractivity (Wildman–Crippen MR) is 50.0 cm³/mol. The van der Waals surface area contributed by atoms with E-state index in [2.05, 4.69) is 4.98 Å². The maximum absolute atomic E-state index is 13.0. The van der Waals surface area contributed by atoms with Gasteiger partial charge in [0.15, 0.2) is 0 Å². The van der Waals surface area contributed by atoms with Gasteiger partial charge in [-0.05, 0) is 11.1 Å². The fraction of sp³-hybridized carbons (Fsp3) is 0.333. The molecule has 1 aromatic rings. The van der Waals surface area contributed by atoms with Crippen molar-refractivity contribution in [3.8, 4) is 0 Å². The third kappa shape index (κ3) is 2.63. The highest BCUT2D eigenvalue weighted by Crippen LogP contribution is 2.28. The Labute approximate surface area is 93.9 Å². The Morgan fingerprint density at radius 2 is 2.19 bits per heavy atom. The molecule has 0 spiro atoms. The minimum Gasteiger partial charge on any atom is -0.481 e. The monoisotopic (exact) mass is 253 g/mol. The van der Waals surface area contributed by atoms with Gasteiger partial charge in [-0.25, -0.2) is 13.8 Å². The lowest BCUT2D eigenvalue weighted by molar-refractivity contribution is -0.136. The van der Waals surface area contributed by atoms with Gasteiger partial charge in [0.25, 0.3) is 6.43 Å². The molecule has 0 bridgehead atoms. The van der Waals surface area contributed by atoms with Crippen molar-refractivity contribution in [1.29, 1.82) is 0 Å². The smallest absolute Gasteiger partial charge is 0.307 e. The van der Waals surface area contributed by atoms with Crippen LogP contribution in [0, 0.1) is 5.95 Å². The number of carbonyl (C=O) groups is 1. The predicted octanol–water partition coefficient (Wildman–Crippen LogP) is 2.52. The number of hydrogen-bond acceptors (Lipinski definition) is 2. The van der Waals surface area contributed by atoms with Crippen molar-refractivity contribution in [2.24, 2.45) is 0 Å². The first-order valence-electron chi connectivity index (χ1n) is 4.19. The Kier molecular flexibility index (Phi) is 4.12. The van der Waals surface area contributed by atoms with Crippen LogP contribution in [0.15, 0.2) is 6.20 Å². The zero-order chi connectivity index (χ0) is 12.3. The molecule has 0 saturated carbocycles. The van der Waals surface area contributed by atoms with Crippen LogP contribution in [0.25, 0.3) is 0 Å². The van der Waals surface area contributed by atoms with Crippen molar-refractivity contribution in [2.45, 2.75) is 18.7 Å². The normalized spacial score (nSPS) is 10.8. The number of nitrogens with zero attached hydrogens (tertiary/aromatic N) is 1. The van der Waals surface area contributed by atoms with E-state index in [1.54, 1.807) is 0 Å². The molecule has 3 nitrogen and oxygen atoms in total. The first kappa shape index (κ1) is 12.8. The molecule has 0 saturated heterocycles. The molecule has 0 radical (unpaired) electrons. The highest BCUT2D eigenvalue weighted by Gasteiger charge is 2.23. The molecule has 0 aliphatic rings. The van der Waals surface area contributed by atoms with Crippen molar-refractivity contribution in [2.75, 3.05) is 0 Å². The highest BCUT2D eigenvalue weighted by atomic mass is 35.5. The summed E-state index contributed by atoms with van der Waals surface area (Å²) < 4.78 is 38.1. The summed E-state index contributed by atoms with van der Waals surface area (Å²) in [5.41, 5.74) is -1.19. The zero-order valence-corrected chi connectivity index (χ0v) is 8.64. The molecular weight excluding hydrogens is 247 g/mol. The standard InChI is InChI=1S/C9H7ClF3NO2/c10-2-4-3-14-9(13)7(8(11)12)5(4)1-6(15)16/h3,8H,1-2H2,(H,15,16). The van der Waals surface area contributed by atoms with E-state index in [-0.39, 0.29) is 17.0 Å². The maximum Gasteiger partial charge on any atom is 0.307 e. The molecule has 16 heavy (non-hydrogen) atoms. The largest absolute Gasteiger partial charge is 0.481 e. The zero-order valence-electron chi connectivity index (χ0n) is 7.88. The first-order chi connectivity index (χ1) is 7.47. The Bertz CT molecular complexity index is 412. The number of alkyl halides is 3. The summed E-state index contributed by atoms with van der Waals surface area (Å²) in [7, 11) is 0. The Balaban J connectivity index is 3.36. The topological polar surface area (TPSA) is 50.2 Å². The second-order valence-electron chi connectivity index (χ2n) is 2.97. The van der Waals surface area contributed by atoms with E-state index in [0.717, 1.165) is 6.20 Å². The van der Waals surface area contributed by atoms with Crippen molar-refractivity contribution in [1.82, 2.24) is 4.98 Å². The molecule has 0 aliphatic carbocycles. The average Bonchev–Trinajstić information content (AvgIpc) is 2.16. The van der Waals surface area contributed by atoms with E-state index < -0.39 is 30.3 Å². The summed E-state index contributed by atoms with van der Waals surface area (Å²) in [4.78, 5) is 13.6. The lowest BCUT2D eigenvalue weighted by atomic mass is 10.0. The molecule has 1 N–H and O–H groups in total. The van der Waals surface area contributed by atoms with Gasteiger partial charge in [0.2, 0.25) is 5.95 Å². The quantitative estimate of drug-likeness (QED) is 0.663. The minimum absolute atomic E-state index is 0.0979. The van der Waals surface area contributed by atoms with Gasteiger partial charge in [0, 0.05) is 12.1 Å². The summed E-state index contributed by atoms with van der Waals surface area (Å²) >= 11 is 5.44. The van der Waals surface area contributed by atoms with Gasteiger partial charge in [-0.2, -0.15) is 4.39 Å². The molecule has 0 aromatic carbocycles. The number of pyridine rings is 1. The van der Waals surface area contributed by atoms with Gasteiger partial charge in [-0.3, -0.25) is 4.79 Å². The average molecular weight is 254 g/mol. The molecule has 0 unspecified atom stereocenters. The van der Waals surface area contributed by atoms with Crippen LogP contribution in [0.2, 0.25) is 0 Å². The number of hydrogen-bond donors (Lipinski definition) is 1. The molecule has 0 amide bonds. The van der Waals surface area contributed by atoms with Gasteiger partial charge in [0.05, 0.1) is 12.0 Å². The van der Waals surface area contributed by atoms with Gasteiger partial charge in [-0.15, -0.1) is 11.6 Å². The second kappa shape index (κ2) is 5.16. The summed E-state index contributed by atoms with van der Waals surface area (Å²) in [6.07, 6.45) is -2.86. The number of halogens is 4. The molecule has 1 rings (SSSR count).